The Labute approximate surface area is 137 Å². The maximum Gasteiger partial charge on any atom is 0.228 e. The Kier molecular flexibility index (Phi) is 4.55. The van der Waals surface area contributed by atoms with Crippen molar-refractivity contribution in [3.63, 3.8) is 0 Å². The zero-order valence-corrected chi connectivity index (χ0v) is 12.8. The second-order valence-electron chi connectivity index (χ2n) is 5.77. The Balaban J connectivity index is 1.49. The summed E-state index contributed by atoms with van der Waals surface area (Å²) in [6, 6.07) is 12.6. The van der Waals surface area contributed by atoms with Crippen LogP contribution in [0.25, 0.3) is 0 Å². The molecule has 2 amide bonds. The van der Waals surface area contributed by atoms with Crippen LogP contribution in [-0.4, -0.2) is 11.8 Å². The van der Waals surface area contributed by atoms with Crippen molar-refractivity contribution in [3.05, 3.63) is 65.7 Å². The molecule has 0 spiro atoms. The quantitative estimate of drug-likeness (QED) is 0.886. The number of halogens is 2. The summed E-state index contributed by atoms with van der Waals surface area (Å²) in [7, 11) is 0. The molecule has 0 saturated heterocycles. The summed E-state index contributed by atoms with van der Waals surface area (Å²) in [5, 5.41) is 5.30. The Bertz CT molecular complexity index is 765. The first kappa shape index (κ1) is 16.1. The molecular weight excluding hydrogens is 314 g/mol. The third-order valence-corrected chi connectivity index (χ3v) is 3.96. The molecule has 0 bridgehead atoms. The number of carbonyl (C=O) groups excluding carboxylic acids is 2. The van der Waals surface area contributed by atoms with Crippen LogP contribution in [0.2, 0.25) is 0 Å². The van der Waals surface area contributed by atoms with Crippen molar-refractivity contribution in [1.29, 1.82) is 0 Å². The lowest BCUT2D eigenvalue weighted by atomic mass is 10.2. The molecule has 1 aliphatic rings. The largest absolute Gasteiger partial charge is 0.352 e. The molecule has 1 aliphatic carbocycles. The highest BCUT2D eigenvalue weighted by molar-refractivity contribution is 5.99. The minimum atomic E-state index is -1.03. The molecule has 0 aromatic heterocycles. The highest BCUT2D eigenvalue weighted by Crippen LogP contribution is 2.39. The summed E-state index contributed by atoms with van der Waals surface area (Å²) in [4.78, 5) is 24.1. The molecule has 1 fully saturated rings. The lowest BCUT2D eigenvalue weighted by Gasteiger charge is -2.06. The zero-order chi connectivity index (χ0) is 17.1. The smallest absolute Gasteiger partial charge is 0.228 e. The van der Waals surface area contributed by atoms with Gasteiger partial charge in [-0.15, -0.1) is 0 Å². The van der Waals surface area contributed by atoms with E-state index in [1.165, 1.54) is 6.07 Å². The van der Waals surface area contributed by atoms with Crippen LogP contribution in [0.3, 0.4) is 0 Å². The van der Waals surface area contributed by atoms with Crippen LogP contribution in [-0.2, 0) is 16.1 Å². The summed E-state index contributed by atoms with van der Waals surface area (Å²) in [5.41, 5.74) is 1.16. The number of carbonyl (C=O) groups is 2. The van der Waals surface area contributed by atoms with E-state index in [2.05, 4.69) is 10.6 Å². The van der Waals surface area contributed by atoms with Crippen molar-refractivity contribution in [2.24, 2.45) is 11.8 Å². The molecule has 2 aromatic carbocycles. The lowest BCUT2D eigenvalue weighted by molar-refractivity contribution is -0.125. The van der Waals surface area contributed by atoms with Crippen molar-refractivity contribution in [1.82, 2.24) is 5.32 Å². The van der Waals surface area contributed by atoms with Crippen molar-refractivity contribution in [2.45, 2.75) is 13.0 Å². The van der Waals surface area contributed by atoms with Gasteiger partial charge in [0.25, 0.3) is 0 Å². The predicted octanol–water partition coefficient (Wildman–Crippen LogP) is 2.86. The molecule has 0 aliphatic heterocycles. The van der Waals surface area contributed by atoms with Gasteiger partial charge < -0.3 is 10.6 Å². The number of hydrogen-bond acceptors (Lipinski definition) is 2. The van der Waals surface area contributed by atoms with Crippen LogP contribution in [0.4, 0.5) is 14.5 Å². The first-order valence-electron chi connectivity index (χ1n) is 7.62. The van der Waals surface area contributed by atoms with Gasteiger partial charge in [-0.25, -0.2) is 8.78 Å². The number of rotatable bonds is 5. The topological polar surface area (TPSA) is 58.2 Å². The molecule has 0 radical (unpaired) electrons. The standard InChI is InChI=1S/C18H16F2N2O2/c19-15-7-6-12(8-16(15)20)22-18(24)14-9-13(14)17(23)21-10-11-4-2-1-3-5-11/h1-8,13-14H,9-10H2,(H,21,23)(H,22,24). The average Bonchev–Trinajstić information content (AvgIpc) is 3.38. The first-order chi connectivity index (χ1) is 11.5. The Morgan fingerprint density at radius 2 is 1.67 bits per heavy atom. The number of benzene rings is 2. The molecular formula is C18H16F2N2O2. The van der Waals surface area contributed by atoms with Crippen LogP contribution in [0, 0.1) is 23.5 Å². The van der Waals surface area contributed by atoms with E-state index in [1.807, 2.05) is 30.3 Å². The Morgan fingerprint density at radius 3 is 2.38 bits per heavy atom. The molecule has 6 heteroatoms. The average molecular weight is 330 g/mol. The number of anilines is 1. The maximum absolute atomic E-state index is 13.1. The number of amides is 2. The lowest BCUT2D eigenvalue weighted by Crippen LogP contribution is -2.27. The molecule has 24 heavy (non-hydrogen) atoms. The fourth-order valence-electron chi connectivity index (χ4n) is 2.50. The second kappa shape index (κ2) is 6.78. The number of hydrogen-bond donors (Lipinski definition) is 2. The molecule has 0 heterocycles. The third kappa shape index (κ3) is 3.76. The van der Waals surface area contributed by atoms with Crippen molar-refractivity contribution < 1.29 is 18.4 Å². The van der Waals surface area contributed by atoms with Gasteiger partial charge in [-0.05, 0) is 24.1 Å². The van der Waals surface area contributed by atoms with Crippen LogP contribution in [0.5, 0.6) is 0 Å². The summed E-state index contributed by atoms with van der Waals surface area (Å²) in [6.07, 6.45) is 0.454. The van der Waals surface area contributed by atoms with Crippen molar-refractivity contribution in [3.8, 4) is 0 Å². The Hall–Kier alpha value is -2.76. The van der Waals surface area contributed by atoms with Gasteiger partial charge >= 0.3 is 0 Å². The monoisotopic (exact) mass is 330 g/mol. The molecule has 2 N–H and O–H groups in total. The van der Waals surface area contributed by atoms with E-state index in [0.29, 0.717) is 13.0 Å². The van der Waals surface area contributed by atoms with Crippen molar-refractivity contribution in [2.75, 3.05) is 5.32 Å². The molecule has 2 atom stereocenters. The van der Waals surface area contributed by atoms with Gasteiger partial charge in [-0.3, -0.25) is 9.59 Å². The van der Waals surface area contributed by atoms with Crippen LogP contribution < -0.4 is 10.6 Å². The van der Waals surface area contributed by atoms with E-state index in [9.17, 15) is 18.4 Å². The third-order valence-electron chi connectivity index (χ3n) is 3.96. The fourth-order valence-corrected chi connectivity index (χ4v) is 2.50. The molecule has 2 unspecified atom stereocenters. The van der Waals surface area contributed by atoms with Gasteiger partial charge in [0.05, 0.1) is 11.8 Å². The van der Waals surface area contributed by atoms with E-state index >= 15 is 0 Å². The minimum Gasteiger partial charge on any atom is -0.352 e. The molecule has 124 valence electrons. The highest BCUT2D eigenvalue weighted by atomic mass is 19.2. The molecule has 3 rings (SSSR count). The summed E-state index contributed by atoms with van der Waals surface area (Å²) in [5.74, 6) is -3.35. The van der Waals surface area contributed by atoms with Crippen molar-refractivity contribution >= 4 is 17.5 Å². The van der Waals surface area contributed by atoms with Gasteiger partial charge in [0.15, 0.2) is 11.6 Å². The van der Waals surface area contributed by atoms with Gasteiger partial charge in [0.2, 0.25) is 11.8 Å². The van der Waals surface area contributed by atoms with Crippen LogP contribution in [0.1, 0.15) is 12.0 Å². The van der Waals surface area contributed by atoms with E-state index < -0.39 is 17.6 Å². The van der Waals surface area contributed by atoms with Gasteiger partial charge in [-0.2, -0.15) is 0 Å². The number of nitrogens with one attached hydrogen (secondary N) is 2. The summed E-state index contributed by atoms with van der Waals surface area (Å²) >= 11 is 0. The predicted molar refractivity (Wildman–Crippen MR) is 84.9 cm³/mol. The van der Waals surface area contributed by atoms with Gasteiger partial charge in [-0.1, -0.05) is 30.3 Å². The second-order valence-corrected chi connectivity index (χ2v) is 5.77. The van der Waals surface area contributed by atoms with E-state index in [1.54, 1.807) is 0 Å². The minimum absolute atomic E-state index is 0.175. The van der Waals surface area contributed by atoms with Gasteiger partial charge in [0, 0.05) is 18.3 Å². The normalized spacial score (nSPS) is 18.8. The van der Waals surface area contributed by atoms with E-state index in [4.69, 9.17) is 0 Å². The highest BCUT2D eigenvalue weighted by Gasteiger charge is 2.47. The van der Waals surface area contributed by atoms with Crippen LogP contribution >= 0.6 is 0 Å². The Morgan fingerprint density at radius 1 is 0.958 bits per heavy atom. The van der Waals surface area contributed by atoms with E-state index in [-0.39, 0.29) is 23.4 Å². The first-order valence-corrected chi connectivity index (χ1v) is 7.62. The molecule has 4 nitrogen and oxygen atoms in total. The van der Waals surface area contributed by atoms with Crippen LogP contribution in [0.15, 0.2) is 48.5 Å². The zero-order valence-electron chi connectivity index (χ0n) is 12.8. The fraction of sp³-hybridized carbons (Fsp3) is 0.222. The van der Waals surface area contributed by atoms with Gasteiger partial charge in [0.1, 0.15) is 0 Å². The SMILES string of the molecule is O=C(NCc1ccccc1)C1CC1C(=O)Nc1ccc(F)c(F)c1. The summed E-state index contributed by atoms with van der Waals surface area (Å²) < 4.78 is 26.0. The molecule has 1 saturated carbocycles. The molecule has 2 aromatic rings. The maximum atomic E-state index is 13.1. The summed E-state index contributed by atoms with van der Waals surface area (Å²) in [6.45, 7) is 0.410. The van der Waals surface area contributed by atoms with E-state index in [0.717, 1.165) is 17.7 Å².